The van der Waals surface area contributed by atoms with Crippen molar-refractivity contribution in [2.24, 2.45) is 5.73 Å². The van der Waals surface area contributed by atoms with Gasteiger partial charge in [0.05, 0.1) is 18.6 Å². The molecule has 5 heteroatoms. The second-order valence-corrected chi connectivity index (χ2v) is 5.09. The summed E-state index contributed by atoms with van der Waals surface area (Å²) in [6.07, 6.45) is 0.985. The highest BCUT2D eigenvalue weighted by molar-refractivity contribution is 5.92. The number of nitrogens with one attached hydrogen (secondary N) is 1. The summed E-state index contributed by atoms with van der Waals surface area (Å²) in [5, 5.41) is 2.59. The van der Waals surface area contributed by atoms with Crippen LogP contribution in [0.4, 0.5) is 0 Å². The Kier molecular flexibility index (Phi) is 6.34. The smallest absolute Gasteiger partial charge is 0.234 e. The molecule has 1 atom stereocenters. The molecule has 0 fully saturated rings. The van der Waals surface area contributed by atoms with Crippen molar-refractivity contribution >= 4 is 11.7 Å². The first-order valence-corrected chi connectivity index (χ1v) is 5.97. The molecule has 0 aliphatic heterocycles. The summed E-state index contributed by atoms with van der Waals surface area (Å²) < 4.78 is 0. The lowest BCUT2D eigenvalue weighted by molar-refractivity contribution is -0.127. The summed E-state index contributed by atoms with van der Waals surface area (Å²) in [5.41, 5.74) is 4.73. The van der Waals surface area contributed by atoms with Crippen molar-refractivity contribution < 1.29 is 9.59 Å². The van der Waals surface area contributed by atoms with E-state index in [2.05, 4.69) is 19.2 Å². The van der Waals surface area contributed by atoms with Gasteiger partial charge in [0, 0.05) is 6.04 Å². The standard InChI is InChI=1S/C12H25N3O2/c1-6-9(2)15(5)8-11(17)14-7-10(16)12(3,4)13/h9H,6-8,13H2,1-5H3,(H,14,17). The van der Waals surface area contributed by atoms with Crippen LogP contribution in [-0.4, -0.2) is 48.3 Å². The largest absolute Gasteiger partial charge is 0.348 e. The number of likely N-dealkylation sites (N-methyl/N-ethyl adjacent to an activating group) is 1. The molecular formula is C12H25N3O2. The van der Waals surface area contributed by atoms with Gasteiger partial charge in [-0.1, -0.05) is 6.92 Å². The average molecular weight is 243 g/mol. The minimum Gasteiger partial charge on any atom is -0.348 e. The van der Waals surface area contributed by atoms with E-state index in [9.17, 15) is 9.59 Å². The number of hydrogen-bond donors (Lipinski definition) is 2. The van der Waals surface area contributed by atoms with E-state index in [4.69, 9.17) is 5.73 Å². The van der Waals surface area contributed by atoms with Crippen LogP contribution < -0.4 is 11.1 Å². The lowest BCUT2D eigenvalue weighted by atomic mass is 10.0. The molecule has 1 amide bonds. The van der Waals surface area contributed by atoms with E-state index in [0.29, 0.717) is 12.6 Å². The number of rotatable bonds is 7. The Morgan fingerprint density at radius 2 is 1.94 bits per heavy atom. The summed E-state index contributed by atoms with van der Waals surface area (Å²) in [5.74, 6) is -0.317. The summed E-state index contributed by atoms with van der Waals surface area (Å²) >= 11 is 0. The van der Waals surface area contributed by atoms with Crippen molar-refractivity contribution in [3.63, 3.8) is 0 Å². The van der Waals surface area contributed by atoms with Gasteiger partial charge in [0.1, 0.15) is 0 Å². The van der Waals surface area contributed by atoms with E-state index in [0.717, 1.165) is 6.42 Å². The first kappa shape index (κ1) is 16.1. The Morgan fingerprint density at radius 1 is 1.41 bits per heavy atom. The minimum absolute atomic E-state index is 0.00329. The van der Waals surface area contributed by atoms with Gasteiger partial charge in [0.15, 0.2) is 5.78 Å². The minimum atomic E-state index is -0.893. The number of nitrogens with zero attached hydrogens (tertiary/aromatic N) is 1. The Bertz CT molecular complexity index is 271. The van der Waals surface area contributed by atoms with Gasteiger partial charge in [-0.2, -0.15) is 0 Å². The van der Waals surface area contributed by atoms with Crippen molar-refractivity contribution in [2.45, 2.75) is 45.7 Å². The van der Waals surface area contributed by atoms with Gasteiger partial charge in [-0.05, 0) is 34.2 Å². The quantitative estimate of drug-likeness (QED) is 0.667. The molecule has 1 unspecified atom stereocenters. The van der Waals surface area contributed by atoms with Crippen LogP contribution in [0.15, 0.2) is 0 Å². The van der Waals surface area contributed by atoms with Crippen molar-refractivity contribution in [2.75, 3.05) is 20.1 Å². The van der Waals surface area contributed by atoms with E-state index >= 15 is 0 Å². The van der Waals surface area contributed by atoms with E-state index in [-0.39, 0.29) is 18.2 Å². The first-order valence-electron chi connectivity index (χ1n) is 5.97. The monoisotopic (exact) mass is 243 g/mol. The zero-order valence-corrected chi connectivity index (χ0v) is 11.5. The fourth-order valence-electron chi connectivity index (χ4n) is 1.16. The van der Waals surface area contributed by atoms with Gasteiger partial charge in [0.25, 0.3) is 0 Å². The number of carbonyl (C=O) groups excluding carboxylic acids is 2. The number of carbonyl (C=O) groups is 2. The fourth-order valence-corrected chi connectivity index (χ4v) is 1.16. The molecule has 0 saturated heterocycles. The molecule has 0 aliphatic rings. The molecular weight excluding hydrogens is 218 g/mol. The summed E-state index contributed by atoms with van der Waals surface area (Å²) in [6.45, 7) is 7.68. The molecule has 0 spiro atoms. The second kappa shape index (κ2) is 6.71. The number of hydrogen-bond acceptors (Lipinski definition) is 4. The zero-order valence-electron chi connectivity index (χ0n) is 11.5. The van der Waals surface area contributed by atoms with E-state index in [1.807, 2.05) is 11.9 Å². The fraction of sp³-hybridized carbons (Fsp3) is 0.833. The van der Waals surface area contributed by atoms with E-state index in [1.165, 1.54) is 0 Å². The lowest BCUT2D eigenvalue weighted by Gasteiger charge is -2.23. The van der Waals surface area contributed by atoms with Gasteiger partial charge in [0.2, 0.25) is 5.91 Å². The predicted molar refractivity (Wildman–Crippen MR) is 68.7 cm³/mol. The maximum absolute atomic E-state index is 11.6. The van der Waals surface area contributed by atoms with Crippen molar-refractivity contribution in [1.29, 1.82) is 0 Å². The lowest BCUT2D eigenvalue weighted by Crippen LogP contribution is -2.48. The third kappa shape index (κ3) is 6.38. The average Bonchev–Trinajstić information content (AvgIpc) is 2.23. The predicted octanol–water partition coefficient (Wildman–Crippen LogP) is 0.139. The molecule has 0 bridgehead atoms. The Morgan fingerprint density at radius 3 is 2.35 bits per heavy atom. The third-order valence-corrected chi connectivity index (χ3v) is 2.90. The molecule has 0 aromatic carbocycles. The molecule has 0 aromatic heterocycles. The summed E-state index contributed by atoms with van der Waals surface area (Å²) in [6, 6.07) is 0.349. The molecule has 3 N–H and O–H groups in total. The zero-order chi connectivity index (χ0) is 13.6. The van der Waals surface area contributed by atoms with Crippen LogP contribution in [0.3, 0.4) is 0 Å². The highest BCUT2D eigenvalue weighted by Gasteiger charge is 2.22. The van der Waals surface area contributed by atoms with Gasteiger partial charge in [-0.15, -0.1) is 0 Å². The Hall–Kier alpha value is -0.940. The van der Waals surface area contributed by atoms with Crippen LogP contribution in [-0.2, 0) is 9.59 Å². The molecule has 100 valence electrons. The number of Topliss-reactive ketones (excluding diaryl/α,β-unsaturated/α-hetero) is 1. The SMILES string of the molecule is CCC(C)N(C)CC(=O)NCC(=O)C(C)(C)N. The number of nitrogens with two attached hydrogens (primary N) is 1. The molecule has 0 aliphatic carbocycles. The topological polar surface area (TPSA) is 75.4 Å². The van der Waals surface area contributed by atoms with Crippen molar-refractivity contribution in [3.05, 3.63) is 0 Å². The van der Waals surface area contributed by atoms with Crippen LogP contribution in [0.2, 0.25) is 0 Å². The highest BCUT2D eigenvalue weighted by atomic mass is 16.2. The second-order valence-electron chi connectivity index (χ2n) is 5.09. The van der Waals surface area contributed by atoms with Gasteiger partial charge >= 0.3 is 0 Å². The van der Waals surface area contributed by atoms with Crippen LogP contribution in [0, 0.1) is 0 Å². The van der Waals surface area contributed by atoms with Crippen LogP contribution in [0.5, 0.6) is 0 Å². The molecule has 0 radical (unpaired) electrons. The van der Waals surface area contributed by atoms with Gasteiger partial charge in [-0.3, -0.25) is 14.5 Å². The van der Waals surface area contributed by atoms with Crippen LogP contribution in [0.1, 0.15) is 34.1 Å². The van der Waals surface area contributed by atoms with Crippen molar-refractivity contribution in [3.8, 4) is 0 Å². The molecule has 17 heavy (non-hydrogen) atoms. The normalized spacial score (nSPS) is 13.6. The Balaban J connectivity index is 4.01. The first-order chi connectivity index (χ1) is 7.68. The molecule has 0 saturated carbocycles. The summed E-state index contributed by atoms with van der Waals surface area (Å²) in [4.78, 5) is 25.0. The van der Waals surface area contributed by atoms with Crippen molar-refractivity contribution in [1.82, 2.24) is 10.2 Å². The van der Waals surface area contributed by atoms with E-state index < -0.39 is 5.54 Å². The molecule has 0 rings (SSSR count). The van der Waals surface area contributed by atoms with E-state index in [1.54, 1.807) is 13.8 Å². The molecule has 5 nitrogen and oxygen atoms in total. The van der Waals surface area contributed by atoms with Crippen LogP contribution >= 0.6 is 0 Å². The van der Waals surface area contributed by atoms with Crippen LogP contribution in [0.25, 0.3) is 0 Å². The number of amides is 1. The maximum atomic E-state index is 11.6. The highest BCUT2D eigenvalue weighted by Crippen LogP contribution is 1.99. The maximum Gasteiger partial charge on any atom is 0.234 e. The molecule has 0 aromatic rings. The van der Waals surface area contributed by atoms with Gasteiger partial charge < -0.3 is 11.1 Å². The third-order valence-electron chi connectivity index (χ3n) is 2.90. The number of ketones is 1. The van der Waals surface area contributed by atoms with Gasteiger partial charge in [-0.25, -0.2) is 0 Å². The Labute approximate surface area is 104 Å². The summed E-state index contributed by atoms with van der Waals surface area (Å²) in [7, 11) is 1.89. The molecule has 0 heterocycles.